The van der Waals surface area contributed by atoms with Crippen LogP contribution < -0.4 is 0 Å². The summed E-state index contributed by atoms with van der Waals surface area (Å²) in [6, 6.07) is 6.17. The molecule has 0 aliphatic heterocycles. The second kappa shape index (κ2) is 6.06. The van der Waals surface area contributed by atoms with Crippen LogP contribution in [0.2, 0.25) is 5.02 Å². The monoisotopic (exact) mass is 254 g/mol. The Hall–Kier alpha value is -1.81. The molecule has 4 nitrogen and oxygen atoms in total. The van der Waals surface area contributed by atoms with Gasteiger partial charge in [-0.05, 0) is 24.6 Å². The SMILES string of the molecule is CCOC(=O)/C=C(\C(=O)O)c1ccc(Cl)cc1. The van der Waals surface area contributed by atoms with Crippen molar-refractivity contribution in [3.63, 3.8) is 0 Å². The first-order chi connectivity index (χ1) is 8.04. The second-order valence-corrected chi connectivity index (χ2v) is 3.56. The molecule has 0 saturated heterocycles. The predicted octanol–water partition coefficient (Wildman–Crippen LogP) is 2.37. The third-order valence-electron chi connectivity index (χ3n) is 1.93. The summed E-state index contributed by atoms with van der Waals surface area (Å²) in [5.41, 5.74) is 0.273. The number of esters is 1. The fraction of sp³-hybridized carbons (Fsp3) is 0.167. The lowest BCUT2D eigenvalue weighted by Gasteiger charge is -2.03. The zero-order valence-corrected chi connectivity index (χ0v) is 9.90. The zero-order chi connectivity index (χ0) is 12.8. The van der Waals surface area contributed by atoms with Crippen LogP contribution in [0, 0.1) is 0 Å². The normalized spacial score (nSPS) is 11.1. The molecule has 0 aliphatic rings. The number of carbonyl (C=O) groups is 2. The molecule has 0 aliphatic carbocycles. The third-order valence-corrected chi connectivity index (χ3v) is 2.19. The molecule has 0 amide bonds. The number of benzene rings is 1. The van der Waals surface area contributed by atoms with Gasteiger partial charge in [-0.15, -0.1) is 0 Å². The largest absolute Gasteiger partial charge is 0.478 e. The van der Waals surface area contributed by atoms with E-state index in [1.807, 2.05) is 0 Å². The van der Waals surface area contributed by atoms with Gasteiger partial charge in [0.25, 0.3) is 0 Å². The van der Waals surface area contributed by atoms with Crippen molar-refractivity contribution < 1.29 is 19.4 Å². The van der Waals surface area contributed by atoms with E-state index in [-0.39, 0.29) is 12.2 Å². The van der Waals surface area contributed by atoms with Crippen LogP contribution >= 0.6 is 11.6 Å². The third kappa shape index (κ3) is 3.92. The highest BCUT2D eigenvalue weighted by atomic mass is 35.5. The summed E-state index contributed by atoms with van der Waals surface area (Å²) in [4.78, 5) is 22.2. The number of hydrogen-bond acceptors (Lipinski definition) is 3. The second-order valence-electron chi connectivity index (χ2n) is 3.12. The number of hydrogen-bond donors (Lipinski definition) is 1. The lowest BCUT2D eigenvalue weighted by Crippen LogP contribution is -2.06. The van der Waals surface area contributed by atoms with Crippen molar-refractivity contribution in [2.24, 2.45) is 0 Å². The van der Waals surface area contributed by atoms with Crippen LogP contribution in [0.15, 0.2) is 30.3 Å². The highest BCUT2D eigenvalue weighted by molar-refractivity contribution is 6.30. The molecule has 1 rings (SSSR count). The van der Waals surface area contributed by atoms with Gasteiger partial charge in [0.1, 0.15) is 0 Å². The van der Waals surface area contributed by atoms with Gasteiger partial charge in [-0.25, -0.2) is 9.59 Å². The smallest absolute Gasteiger partial charge is 0.336 e. The minimum atomic E-state index is -1.19. The Kier molecular flexibility index (Phi) is 4.72. The van der Waals surface area contributed by atoms with E-state index in [0.29, 0.717) is 10.6 Å². The minimum Gasteiger partial charge on any atom is -0.478 e. The molecular weight excluding hydrogens is 244 g/mol. The molecule has 0 spiro atoms. The predicted molar refractivity (Wildman–Crippen MR) is 63.7 cm³/mol. The quantitative estimate of drug-likeness (QED) is 0.662. The van der Waals surface area contributed by atoms with Crippen molar-refractivity contribution in [3.05, 3.63) is 40.9 Å². The molecule has 1 aromatic carbocycles. The first-order valence-corrected chi connectivity index (χ1v) is 5.30. The van der Waals surface area contributed by atoms with Gasteiger partial charge in [-0.1, -0.05) is 23.7 Å². The van der Waals surface area contributed by atoms with Gasteiger partial charge in [0.15, 0.2) is 0 Å². The molecule has 1 N–H and O–H groups in total. The molecule has 0 bridgehead atoms. The van der Waals surface area contributed by atoms with E-state index in [2.05, 4.69) is 4.74 Å². The maximum Gasteiger partial charge on any atom is 0.336 e. The van der Waals surface area contributed by atoms with Crippen LogP contribution in [0.4, 0.5) is 0 Å². The van der Waals surface area contributed by atoms with E-state index in [9.17, 15) is 9.59 Å². The van der Waals surface area contributed by atoms with Gasteiger partial charge in [-0.2, -0.15) is 0 Å². The number of rotatable bonds is 4. The molecule has 0 atom stereocenters. The summed E-state index contributed by atoms with van der Waals surface area (Å²) in [6.07, 6.45) is 0.953. The Balaban J connectivity index is 3.05. The van der Waals surface area contributed by atoms with E-state index in [1.54, 1.807) is 19.1 Å². The maximum absolute atomic E-state index is 11.2. The molecule has 0 saturated carbocycles. The van der Waals surface area contributed by atoms with E-state index in [1.165, 1.54) is 12.1 Å². The first kappa shape index (κ1) is 13.3. The van der Waals surface area contributed by atoms with Crippen LogP contribution in [0.5, 0.6) is 0 Å². The standard InChI is InChI=1S/C12H11ClO4/c1-2-17-11(14)7-10(12(15)16)8-3-5-9(13)6-4-8/h3-7H,2H2,1H3,(H,15,16)/b10-7-. The molecule has 0 radical (unpaired) electrons. The fourth-order valence-electron chi connectivity index (χ4n) is 1.20. The van der Waals surface area contributed by atoms with Gasteiger partial charge in [0.2, 0.25) is 0 Å². The summed E-state index contributed by atoms with van der Waals surface area (Å²) < 4.78 is 4.66. The van der Waals surface area contributed by atoms with Crippen molar-refractivity contribution >= 4 is 29.1 Å². The number of ether oxygens (including phenoxy) is 1. The molecule has 0 heterocycles. The summed E-state index contributed by atoms with van der Waals surface area (Å²) in [5.74, 6) is -1.87. The summed E-state index contributed by atoms with van der Waals surface area (Å²) in [7, 11) is 0. The van der Waals surface area contributed by atoms with Crippen molar-refractivity contribution in [2.45, 2.75) is 6.92 Å². The van der Waals surface area contributed by atoms with Gasteiger partial charge in [-0.3, -0.25) is 0 Å². The van der Waals surface area contributed by atoms with E-state index in [0.717, 1.165) is 6.08 Å². The highest BCUT2D eigenvalue weighted by Gasteiger charge is 2.12. The first-order valence-electron chi connectivity index (χ1n) is 4.92. The average Bonchev–Trinajstić information content (AvgIpc) is 2.27. The number of halogens is 1. The van der Waals surface area contributed by atoms with E-state index >= 15 is 0 Å². The van der Waals surface area contributed by atoms with Crippen molar-refractivity contribution in [3.8, 4) is 0 Å². The van der Waals surface area contributed by atoms with Gasteiger partial charge < -0.3 is 9.84 Å². The van der Waals surface area contributed by atoms with Crippen LogP contribution in [0.3, 0.4) is 0 Å². The molecule has 0 fully saturated rings. The van der Waals surface area contributed by atoms with Crippen molar-refractivity contribution in [1.29, 1.82) is 0 Å². The average molecular weight is 255 g/mol. The van der Waals surface area contributed by atoms with E-state index in [4.69, 9.17) is 16.7 Å². The van der Waals surface area contributed by atoms with Crippen LogP contribution in [-0.4, -0.2) is 23.7 Å². The van der Waals surface area contributed by atoms with Gasteiger partial charge >= 0.3 is 11.9 Å². The number of carboxylic acids is 1. The Morgan fingerprint density at radius 1 is 1.35 bits per heavy atom. The Labute approximate surface area is 103 Å². The zero-order valence-electron chi connectivity index (χ0n) is 9.14. The summed E-state index contributed by atoms with van der Waals surface area (Å²) >= 11 is 5.69. The van der Waals surface area contributed by atoms with Crippen LogP contribution in [0.1, 0.15) is 12.5 Å². The molecule has 5 heteroatoms. The number of carbonyl (C=O) groups excluding carboxylic acids is 1. The molecule has 1 aromatic rings. The Morgan fingerprint density at radius 3 is 2.41 bits per heavy atom. The van der Waals surface area contributed by atoms with Crippen molar-refractivity contribution in [1.82, 2.24) is 0 Å². The minimum absolute atomic E-state index is 0.125. The number of carboxylic acid groups (broad SMARTS) is 1. The lowest BCUT2D eigenvalue weighted by molar-refractivity contribution is -0.138. The molecular formula is C12H11ClO4. The topological polar surface area (TPSA) is 63.6 Å². The highest BCUT2D eigenvalue weighted by Crippen LogP contribution is 2.18. The van der Waals surface area contributed by atoms with Gasteiger partial charge in [0.05, 0.1) is 12.2 Å². The Bertz CT molecular complexity index is 448. The molecule has 0 unspecified atom stereocenters. The van der Waals surface area contributed by atoms with Crippen molar-refractivity contribution in [2.75, 3.05) is 6.61 Å². The summed E-state index contributed by atoms with van der Waals surface area (Å²) in [5, 5.41) is 9.50. The molecule has 90 valence electrons. The molecule has 0 aromatic heterocycles. The summed E-state index contributed by atoms with van der Waals surface area (Å²) in [6.45, 7) is 1.84. The Morgan fingerprint density at radius 2 is 1.94 bits per heavy atom. The van der Waals surface area contributed by atoms with E-state index < -0.39 is 11.9 Å². The maximum atomic E-state index is 11.2. The number of aliphatic carboxylic acids is 1. The van der Waals surface area contributed by atoms with Gasteiger partial charge in [0, 0.05) is 11.1 Å². The lowest BCUT2D eigenvalue weighted by atomic mass is 10.1. The van der Waals surface area contributed by atoms with Crippen LogP contribution in [0.25, 0.3) is 5.57 Å². The molecule has 17 heavy (non-hydrogen) atoms. The fourth-order valence-corrected chi connectivity index (χ4v) is 1.33. The van der Waals surface area contributed by atoms with Crippen LogP contribution in [-0.2, 0) is 14.3 Å².